The molecule has 2 atom stereocenters. The molecule has 1 fully saturated rings. The second kappa shape index (κ2) is 6.57. The van der Waals surface area contributed by atoms with Crippen LogP contribution in [0.15, 0.2) is 24.3 Å². The zero-order valence-corrected chi connectivity index (χ0v) is 11.4. The normalized spacial score (nSPS) is 22.2. The Bertz CT molecular complexity index is 417. The lowest BCUT2D eigenvalue weighted by Crippen LogP contribution is -2.29. The summed E-state index contributed by atoms with van der Waals surface area (Å²) in [6, 6.07) is 7.91. The molecule has 0 saturated heterocycles. The summed E-state index contributed by atoms with van der Waals surface area (Å²) in [4.78, 5) is 11.5. The van der Waals surface area contributed by atoms with Crippen LogP contribution in [0.2, 0.25) is 0 Å². The minimum absolute atomic E-state index is 0.269. The number of ether oxygens (including phenoxy) is 1. The van der Waals surface area contributed by atoms with Crippen LogP contribution in [0.4, 0.5) is 5.69 Å². The molecule has 0 bridgehead atoms. The van der Waals surface area contributed by atoms with E-state index in [1.54, 1.807) is 19.1 Å². The summed E-state index contributed by atoms with van der Waals surface area (Å²) < 4.78 is 4.96. The van der Waals surface area contributed by atoms with Gasteiger partial charge in [-0.2, -0.15) is 0 Å². The number of rotatable bonds is 5. The van der Waals surface area contributed by atoms with Crippen LogP contribution in [0.3, 0.4) is 0 Å². The standard InChI is InChI=1S/C15H22N2O2/c1-2-19-15(18)11-6-8-13(9-7-11)17-14-5-3-4-12(14)10-16/h6-9,12,14,17H,2-5,10,16H2,1H3. The van der Waals surface area contributed by atoms with Crippen molar-refractivity contribution in [3.8, 4) is 0 Å². The largest absolute Gasteiger partial charge is 0.462 e. The van der Waals surface area contributed by atoms with Gasteiger partial charge in [-0.1, -0.05) is 6.42 Å². The smallest absolute Gasteiger partial charge is 0.338 e. The van der Waals surface area contributed by atoms with Crippen molar-refractivity contribution in [2.75, 3.05) is 18.5 Å². The highest BCUT2D eigenvalue weighted by molar-refractivity contribution is 5.89. The van der Waals surface area contributed by atoms with Crippen LogP contribution in [0, 0.1) is 5.92 Å². The Hall–Kier alpha value is -1.55. The first-order valence-electron chi connectivity index (χ1n) is 6.98. The van der Waals surface area contributed by atoms with E-state index in [0.29, 0.717) is 24.1 Å². The Morgan fingerprint density at radius 2 is 2.11 bits per heavy atom. The second-order valence-corrected chi connectivity index (χ2v) is 4.98. The van der Waals surface area contributed by atoms with Crippen LogP contribution in [-0.4, -0.2) is 25.2 Å². The highest BCUT2D eigenvalue weighted by atomic mass is 16.5. The Morgan fingerprint density at radius 1 is 1.37 bits per heavy atom. The number of hydrogen-bond acceptors (Lipinski definition) is 4. The van der Waals surface area contributed by atoms with Crippen LogP contribution in [0.1, 0.15) is 36.5 Å². The van der Waals surface area contributed by atoms with Gasteiger partial charge < -0.3 is 15.8 Å². The van der Waals surface area contributed by atoms with Gasteiger partial charge in [-0.15, -0.1) is 0 Å². The summed E-state index contributed by atoms with van der Waals surface area (Å²) in [5.74, 6) is 0.291. The molecule has 0 spiro atoms. The molecule has 1 saturated carbocycles. The summed E-state index contributed by atoms with van der Waals surface area (Å²) in [7, 11) is 0. The van der Waals surface area contributed by atoms with E-state index in [2.05, 4.69) is 5.32 Å². The van der Waals surface area contributed by atoms with Gasteiger partial charge in [0.25, 0.3) is 0 Å². The van der Waals surface area contributed by atoms with Gasteiger partial charge in [0.05, 0.1) is 12.2 Å². The topological polar surface area (TPSA) is 64.3 Å². The SMILES string of the molecule is CCOC(=O)c1ccc(NC2CCCC2CN)cc1. The van der Waals surface area contributed by atoms with E-state index in [-0.39, 0.29) is 5.97 Å². The molecule has 1 aliphatic rings. The maximum absolute atomic E-state index is 11.5. The molecule has 2 unspecified atom stereocenters. The van der Waals surface area contributed by atoms with E-state index in [4.69, 9.17) is 10.5 Å². The van der Waals surface area contributed by atoms with Crippen molar-refractivity contribution in [1.82, 2.24) is 0 Å². The summed E-state index contributed by atoms with van der Waals surface area (Å²) >= 11 is 0. The van der Waals surface area contributed by atoms with Crippen molar-refractivity contribution in [3.05, 3.63) is 29.8 Å². The van der Waals surface area contributed by atoms with Gasteiger partial charge in [0.15, 0.2) is 0 Å². The monoisotopic (exact) mass is 262 g/mol. The molecule has 0 heterocycles. The average molecular weight is 262 g/mol. The molecule has 4 heteroatoms. The van der Waals surface area contributed by atoms with Crippen LogP contribution in [-0.2, 0) is 4.74 Å². The lowest BCUT2D eigenvalue weighted by Gasteiger charge is -2.20. The number of carbonyl (C=O) groups is 1. The number of hydrogen-bond donors (Lipinski definition) is 2. The molecular weight excluding hydrogens is 240 g/mol. The maximum atomic E-state index is 11.5. The van der Waals surface area contributed by atoms with E-state index >= 15 is 0 Å². The molecule has 104 valence electrons. The van der Waals surface area contributed by atoms with Crippen molar-refractivity contribution in [3.63, 3.8) is 0 Å². The predicted molar refractivity (Wildman–Crippen MR) is 76.2 cm³/mol. The van der Waals surface area contributed by atoms with Crippen molar-refractivity contribution >= 4 is 11.7 Å². The van der Waals surface area contributed by atoms with Crippen LogP contribution in [0.25, 0.3) is 0 Å². The van der Waals surface area contributed by atoms with Crippen molar-refractivity contribution in [2.45, 2.75) is 32.2 Å². The molecule has 19 heavy (non-hydrogen) atoms. The van der Waals surface area contributed by atoms with Gasteiger partial charge in [0.1, 0.15) is 0 Å². The molecular formula is C15H22N2O2. The Kier molecular flexibility index (Phi) is 4.80. The van der Waals surface area contributed by atoms with Gasteiger partial charge in [-0.25, -0.2) is 4.79 Å². The molecule has 0 amide bonds. The zero-order valence-electron chi connectivity index (χ0n) is 11.4. The molecule has 1 aromatic carbocycles. The Labute approximate surface area is 114 Å². The van der Waals surface area contributed by atoms with Gasteiger partial charge in [0, 0.05) is 11.7 Å². The number of nitrogens with one attached hydrogen (secondary N) is 1. The lowest BCUT2D eigenvalue weighted by molar-refractivity contribution is 0.0526. The zero-order chi connectivity index (χ0) is 13.7. The summed E-state index contributed by atoms with van der Waals surface area (Å²) in [6.07, 6.45) is 3.61. The molecule has 0 aromatic heterocycles. The lowest BCUT2D eigenvalue weighted by atomic mass is 10.0. The number of nitrogens with two attached hydrogens (primary N) is 1. The molecule has 0 radical (unpaired) electrons. The molecule has 3 N–H and O–H groups in total. The number of benzene rings is 1. The minimum Gasteiger partial charge on any atom is -0.462 e. The summed E-state index contributed by atoms with van der Waals surface area (Å²) in [5.41, 5.74) is 7.41. The van der Waals surface area contributed by atoms with Gasteiger partial charge in [0.2, 0.25) is 0 Å². The van der Waals surface area contributed by atoms with Crippen molar-refractivity contribution in [1.29, 1.82) is 0 Å². The van der Waals surface area contributed by atoms with E-state index < -0.39 is 0 Å². The van der Waals surface area contributed by atoms with E-state index in [1.807, 2.05) is 12.1 Å². The van der Waals surface area contributed by atoms with Gasteiger partial charge in [-0.05, 0) is 56.5 Å². The van der Waals surface area contributed by atoms with Gasteiger partial charge >= 0.3 is 5.97 Å². The van der Waals surface area contributed by atoms with Crippen LogP contribution in [0.5, 0.6) is 0 Å². The third-order valence-corrected chi connectivity index (χ3v) is 3.71. The average Bonchev–Trinajstić information content (AvgIpc) is 2.87. The van der Waals surface area contributed by atoms with E-state index in [0.717, 1.165) is 12.2 Å². The maximum Gasteiger partial charge on any atom is 0.338 e. The first-order chi connectivity index (χ1) is 9.24. The Morgan fingerprint density at radius 3 is 2.74 bits per heavy atom. The highest BCUT2D eigenvalue weighted by Crippen LogP contribution is 2.27. The third kappa shape index (κ3) is 3.47. The Balaban J connectivity index is 1.97. The predicted octanol–water partition coefficient (Wildman–Crippen LogP) is 2.40. The van der Waals surface area contributed by atoms with Crippen molar-refractivity contribution in [2.24, 2.45) is 11.7 Å². The molecule has 1 aromatic rings. The first kappa shape index (κ1) is 13.9. The molecule has 2 rings (SSSR count). The number of anilines is 1. The quantitative estimate of drug-likeness (QED) is 0.800. The van der Waals surface area contributed by atoms with E-state index in [1.165, 1.54) is 19.3 Å². The van der Waals surface area contributed by atoms with E-state index in [9.17, 15) is 4.79 Å². The minimum atomic E-state index is -0.269. The highest BCUT2D eigenvalue weighted by Gasteiger charge is 2.25. The number of carbonyl (C=O) groups excluding carboxylic acids is 1. The second-order valence-electron chi connectivity index (χ2n) is 4.98. The van der Waals surface area contributed by atoms with Crippen LogP contribution < -0.4 is 11.1 Å². The number of esters is 1. The van der Waals surface area contributed by atoms with Gasteiger partial charge in [-0.3, -0.25) is 0 Å². The molecule has 1 aliphatic carbocycles. The molecule has 0 aliphatic heterocycles. The summed E-state index contributed by atoms with van der Waals surface area (Å²) in [5, 5.41) is 3.51. The first-order valence-corrected chi connectivity index (χ1v) is 6.98. The van der Waals surface area contributed by atoms with Crippen LogP contribution >= 0.6 is 0 Å². The van der Waals surface area contributed by atoms with Crippen molar-refractivity contribution < 1.29 is 9.53 Å². The fourth-order valence-corrected chi connectivity index (χ4v) is 2.64. The fraction of sp³-hybridized carbons (Fsp3) is 0.533. The third-order valence-electron chi connectivity index (χ3n) is 3.71. The molecule has 4 nitrogen and oxygen atoms in total. The summed E-state index contributed by atoms with van der Waals surface area (Å²) in [6.45, 7) is 2.94. The fourth-order valence-electron chi connectivity index (χ4n) is 2.64.